The summed E-state index contributed by atoms with van der Waals surface area (Å²) in [6.07, 6.45) is 1.29. The summed E-state index contributed by atoms with van der Waals surface area (Å²) in [7, 11) is 0. The fourth-order valence-electron chi connectivity index (χ4n) is 3.84. The molecule has 7 heteroatoms. The van der Waals surface area contributed by atoms with Crippen LogP contribution >= 0.6 is 11.3 Å². The van der Waals surface area contributed by atoms with Crippen LogP contribution in [0.25, 0.3) is 11.1 Å². The average Bonchev–Trinajstić information content (AvgIpc) is 3.20. The summed E-state index contributed by atoms with van der Waals surface area (Å²) in [6.45, 7) is 4.23. The van der Waals surface area contributed by atoms with Crippen LogP contribution in [0.4, 0.5) is 5.00 Å². The van der Waals surface area contributed by atoms with Gasteiger partial charge in [-0.2, -0.15) is 0 Å². The maximum absolute atomic E-state index is 13.1. The number of thiophene rings is 1. The van der Waals surface area contributed by atoms with Crippen LogP contribution in [0.15, 0.2) is 36.4 Å². The quantitative estimate of drug-likeness (QED) is 0.857. The van der Waals surface area contributed by atoms with E-state index >= 15 is 0 Å². The summed E-state index contributed by atoms with van der Waals surface area (Å²) < 4.78 is 5.50. The third-order valence-corrected chi connectivity index (χ3v) is 6.67. The highest BCUT2D eigenvalue weighted by molar-refractivity contribution is 7.18. The number of likely N-dealkylation sites (tertiary alicyclic amines) is 1. The molecule has 0 unspecified atom stereocenters. The standard InChI is InChI=1S/C21H25N3O3S/c22-19(25)16-6-8-23(9-7-16)20(26)18-14-17(15-4-2-1-3-5-15)21(28-18)24-10-12-27-13-11-24/h1-5,14,16H,6-13H2,(H2,22,25). The van der Waals surface area contributed by atoms with E-state index in [1.807, 2.05) is 29.2 Å². The van der Waals surface area contributed by atoms with Gasteiger partial charge in [-0.05, 0) is 24.5 Å². The first kappa shape index (κ1) is 19.0. The lowest BCUT2D eigenvalue weighted by molar-refractivity contribution is -0.123. The Morgan fingerprint density at radius 2 is 1.71 bits per heavy atom. The van der Waals surface area contributed by atoms with Gasteiger partial charge in [0.15, 0.2) is 0 Å². The molecule has 2 saturated heterocycles. The average molecular weight is 400 g/mol. The molecule has 6 nitrogen and oxygen atoms in total. The van der Waals surface area contributed by atoms with Gasteiger partial charge >= 0.3 is 0 Å². The SMILES string of the molecule is NC(=O)C1CCN(C(=O)c2cc(-c3ccccc3)c(N3CCOCC3)s2)CC1. The molecule has 2 aromatic rings. The Morgan fingerprint density at radius 1 is 1.04 bits per heavy atom. The van der Waals surface area contributed by atoms with E-state index in [2.05, 4.69) is 17.0 Å². The number of morpholine rings is 1. The predicted molar refractivity (Wildman–Crippen MR) is 111 cm³/mol. The van der Waals surface area contributed by atoms with Crippen LogP contribution < -0.4 is 10.6 Å². The summed E-state index contributed by atoms with van der Waals surface area (Å²) in [5.74, 6) is -0.329. The first-order chi connectivity index (χ1) is 13.6. The number of amides is 2. The first-order valence-corrected chi connectivity index (χ1v) is 10.6. The number of anilines is 1. The van der Waals surface area contributed by atoms with Gasteiger partial charge in [-0.15, -0.1) is 11.3 Å². The minimum Gasteiger partial charge on any atom is -0.378 e. The number of carbonyl (C=O) groups excluding carboxylic acids is 2. The van der Waals surface area contributed by atoms with E-state index in [1.165, 1.54) is 0 Å². The van der Waals surface area contributed by atoms with Crippen molar-refractivity contribution in [3.8, 4) is 11.1 Å². The van der Waals surface area contributed by atoms with Crippen LogP contribution in [0.3, 0.4) is 0 Å². The number of primary amides is 1. The molecular formula is C21H25N3O3S. The molecule has 4 rings (SSSR count). The zero-order valence-electron chi connectivity index (χ0n) is 15.8. The van der Waals surface area contributed by atoms with E-state index in [0.29, 0.717) is 39.1 Å². The molecule has 28 heavy (non-hydrogen) atoms. The summed E-state index contributed by atoms with van der Waals surface area (Å²) >= 11 is 1.56. The fourth-order valence-corrected chi connectivity index (χ4v) is 5.04. The van der Waals surface area contributed by atoms with Crippen molar-refractivity contribution < 1.29 is 14.3 Å². The summed E-state index contributed by atoms with van der Waals surface area (Å²) in [5, 5.41) is 1.13. The maximum Gasteiger partial charge on any atom is 0.264 e. The van der Waals surface area contributed by atoms with Crippen molar-refractivity contribution >= 4 is 28.2 Å². The number of rotatable bonds is 4. The molecule has 0 aliphatic carbocycles. The van der Waals surface area contributed by atoms with Crippen LogP contribution in [0.2, 0.25) is 0 Å². The predicted octanol–water partition coefficient (Wildman–Crippen LogP) is 2.59. The third-order valence-electron chi connectivity index (χ3n) is 5.49. The molecule has 0 saturated carbocycles. The van der Waals surface area contributed by atoms with Crippen LogP contribution in [-0.4, -0.2) is 56.1 Å². The van der Waals surface area contributed by atoms with Crippen molar-refractivity contribution in [2.45, 2.75) is 12.8 Å². The van der Waals surface area contributed by atoms with E-state index < -0.39 is 0 Å². The summed E-state index contributed by atoms with van der Waals surface area (Å²) in [6, 6.07) is 12.2. The van der Waals surface area contributed by atoms with Crippen molar-refractivity contribution in [2.24, 2.45) is 11.7 Å². The van der Waals surface area contributed by atoms with Crippen molar-refractivity contribution in [3.05, 3.63) is 41.3 Å². The largest absolute Gasteiger partial charge is 0.378 e. The Balaban J connectivity index is 1.60. The monoisotopic (exact) mass is 399 g/mol. The van der Waals surface area contributed by atoms with E-state index in [0.717, 1.165) is 34.1 Å². The Bertz CT molecular complexity index is 838. The molecule has 2 N–H and O–H groups in total. The van der Waals surface area contributed by atoms with E-state index in [-0.39, 0.29) is 17.7 Å². The number of piperidine rings is 1. The highest BCUT2D eigenvalue weighted by Gasteiger charge is 2.29. The molecule has 0 atom stereocenters. The first-order valence-electron chi connectivity index (χ1n) is 9.74. The normalized spacial score (nSPS) is 18.3. The van der Waals surface area contributed by atoms with Gasteiger partial charge in [0.25, 0.3) is 5.91 Å². The molecule has 148 valence electrons. The van der Waals surface area contributed by atoms with Crippen LogP contribution in [0.1, 0.15) is 22.5 Å². The minimum atomic E-state index is -0.260. The number of hydrogen-bond donors (Lipinski definition) is 1. The van der Waals surface area contributed by atoms with Crippen LogP contribution in [0, 0.1) is 5.92 Å². The van der Waals surface area contributed by atoms with E-state index in [9.17, 15) is 9.59 Å². The van der Waals surface area contributed by atoms with Crippen molar-refractivity contribution in [3.63, 3.8) is 0 Å². The number of nitrogens with zero attached hydrogens (tertiary/aromatic N) is 2. The molecule has 2 aliphatic heterocycles. The molecule has 0 spiro atoms. The van der Waals surface area contributed by atoms with Crippen LogP contribution in [-0.2, 0) is 9.53 Å². The Morgan fingerprint density at radius 3 is 2.36 bits per heavy atom. The van der Waals surface area contributed by atoms with Gasteiger partial charge in [-0.1, -0.05) is 30.3 Å². The van der Waals surface area contributed by atoms with Gasteiger partial charge in [0.05, 0.1) is 23.1 Å². The van der Waals surface area contributed by atoms with E-state index in [4.69, 9.17) is 10.5 Å². The second-order valence-electron chi connectivity index (χ2n) is 7.26. The topological polar surface area (TPSA) is 75.9 Å². The number of nitrogens with two attached hydrogens (primary N) is 1. The second kappa shape index (κ2) is 8.32. The molecular weight excluding hydrogens is 374 g/mol. The number of benzene rings is 1. The number of hydrogen-bond acceptors (Lipinski definition) is 5. The fraction of sp³-hybridized carbons (Fsp3) is 0.429. The second-order valence-corrected chi connectivity index (χ2v) is 8.29. The van der Waals surface area contributed by atoms with Gasteiger partial charge < -0.3 is 20.3 Å². The molecule has 2 fully saturated rings. The molecule has 3 heterocycles. The highest BCUT2D eigenvalue weighted by atomic mass is 32.1. The van der Waals surface area contributed by atoms with Gasteiger partial charge in [-0.25, -0.2) is 0 Å². The van der Waals surface area contributed by atoms with Gasteiger partial charge in [0, 0.05) is 37.7 Å². The lowest BCUT2D eigenvalue weighted by Gasteiger charge is -2.30. The summed E-state index contributed by atoms with van der Waals surface area (Å²) in [4.78, 5) is 29.4. The Hall–Kier alpha value is -2.38. The van der Waals surface area contributed by atoms with Crippen LogP contribution in [0.5, 0.6) is 0 Å². The zero-order valence-corrected chi connectivity index (χ0v) is 16.6. The van der Waals surface area contributed by atoms with Gasteiger partial charge in [0.2, 0.25) is 5.91 Å². The maximum atomic E-state index is 13.1. The zero-order chi connectivity index (χ0) is 19.5. The molecule has 0 radical (unpaired) electrons. The molecule has 1 aromatic heterocycles. The van der Waals surface area contributed by atoms with E-state index in [1.54, 1.807) is 11.3 Å². The molecule has 2 amide bonds. The molecule has 2 aliphatic rings. The van der Waals surface area contributed by atoms with Crippen molar-refractivity contribution in [2.75, 3.05) is 44.3 Å². The lowest BCUT2D eigenvalue weighted by Crippen LogP contribution is -2.41. The summed E-state index contributed by atoms with van der Waals surface area (Å²) in [5.41, 5.74) is 7.63. The van der Waals surface area contributed by atoms with Gasteiger partial charge in [0.1, 0.15) is 0 Å². The number of carbonyl (C=O) groups is 2. The van der Waals surface area contributed by atoms with Crippen molar-refractivity contribution in [1.29, 1.82) is 0 Å². The highest BCUT2D eigenvalue weighted by Crippen LogP contribution is 2.40. The Kier molecular flexibility index (Phi) is 5.64. The third kappa shape index (κ3) is 3.91. The lowest BCUT2D eigenvalue weighted by atomic mass is 9.96. The molecule has 1 aromatic carbocycles. The Labute approximate surface area is 168 Å². The van der Waals surface area contributed by atoms with Crippen molar-refractivity contribution in [1.82, 2.24) is 4.90 Å². The smallest absolute Gasteiger partial charge is 0.264 e. The minimum absolute atomic E-state index is 0.0459. The van der Waals surface area contributed by atoms with Gasteiger partial charge in [-0.3, -0.25) is 9.59 Å². The number of ether oxygens (including phenoxy) is 1. The molecule has 0 bridgehead atoms.